The second-order valence-corrected chi connectivity index (χ2v) is 3.82. The van der Waals surface area contributed by atoms with Gasteiger partial charge < -0.3 is 10.2 Å². The quantitative estimate of drug-likeness (QED) is 0.732. The Morgan fingerprint density at radius 3 is 1.77 bits per heavy atom. The Morgan fingerprint density at radius 1 is 0.923 bits per heavy atom. The molecule has 0 fully saturated rings. The van der Waals surface area contributed by atoms with Crippen molar-refractivity contribution in [2.45, 2.75) is 25.7 Å². The zero-order valence-corrected chi connectivity index (χ0v) is 8.52. The van der Waals surface area contributed by atoms with Gasteiger partial charge in [0, 0.05) is 13.2 Å². The largest absolute Gasteiger partial charge is 0.396 e. The molecule has 1 aromatic rings. The first-order valence-electron chi connectivity index (χ1n) is 4.64. The molecule has 0 saturated carbocycles. The van der Waals surface area contributed by atoms with E-state index in [1.54, 1.807) is 11.3 Å². The van der Waals surface area contributed by atoms with E-state index in [4.69, 9.17) is 10.2 Å². The van der Waals surface area contributed by atoms with Crippen LogP contribution < -0.4 is 0 Å². The summed E-state index contributed by atoms with van der Waals surface area (Å²) in [5.41, 5.74) is 2.68. The smallest absolute Gasteiger partial charge is 0.0434 e. The van der Waals surface area contributed by atoms with Crippen LogP contribution >= 0.6 is 11.3 Å². The highest BCUT2D eigenvalue weighted by Gasteiger charge is 2.02. The van der Waals surface area contributed by atoms with Crippen LogP contribution in [0.15, 0.2) is 10.8 Å². The number of thiophene rings is 1. The fourth-order valence-corrected chi connectivity index (χ4v) is 2.26. The van der Waals surface area contributed by atoms with Crippen molar-refractivity contribution in [2.24, 2.45) is 0 Å². The molecule has 1 aromatic heterocycles. The monoisotopic (exact) mass is 200 g/mol. The lowest BCUT2D eigenvalue weighted by atomic mass is 10.1. The van der Waals surface area contributed by atoms with Crippen LogP contribution in [0.5, 0.6) is 0 Å². The van der Waals surface area contributed by atoms with Crippen LogP contribution in [0, 0.1) is 0 Å². The van der Waals surface area contributed by atoms with E-state index in [0.717, 1.165) is 25.7 Å². The molecular weight excluding hydrogens is 184 g/mol. The summed E-state index contributed by atoms with van der Waals surface area (Å²) < 4.78 is 0. The van der Waals surface area contributed by atoms with E-state index >= 15 is 0 Å². The minimum atomic E-state index is 0.259. The van der Waals surface area contributed by atoms with E-state index < -0.39 is 0 Å². The highest BCUT2D eigenvalue weighted by atomic mass is 32.1. The van der Waals surface area contributed by atoms with Crippen LogP contribution in [0.2, 0.25) is 0 Å². The zero-order chi connectivity index (χ0) is 9.52. The van der Waals surface area contributed by atoms with Crippen LogP contribution in [-0.2, 0) is 12.8 Å². The lowest BCUT2D eigenvalue weighted by Gasteiger charge is -2.01. The average Bonchev–Trinajstić information content (AvgIpc) is 2.59. The molecule has 2 nitrogen and oxygen atoms in total. The third kappa shape index (κ3) is 3.46. The molecule has 2 N–H and O–H groups in total. The number of aryl methyl sites for hydroxylation is 2. The predicted molar refractivity (Wildman–Crippen MR) is 55.1 cm³/mol. The summed E-state index contributed by atoms with van der Waals surface area (Å²) in [5.74, 6) is 0. The van der Waals surface area contributed by atoms with Crippen molar-refractivity contribution in [2.75, 3.05) is 13.2 Å². The molecule has 0 atom stereocenters. The summed E-state index contributed by atoms with van der Waals surface area (Å²) >= 11 is 1.70. The van der Waals surface area contributed by atoms with E-state index in [9.17, 15) is 0 Å². The van der Waals surface area contributed by atoms with Gasteiger partial charge in [0.05, 0.1) is 0 Å². The molecule has 1 rings (SSSR count). The van der Waals surface area contributed by atoms with E-state index in [-0.39, 0.29) is 13.2 Å². The van der Waals surface area contributed by atoms with Gasteiger partial charge in [-0.2, -0.15) is 11.3 Å². The normalized spacial score (nSPS) is 10.6. The van der Waals surface area contributed by atoms with E-state index in [1.807, 2.05) is 0 Å². The van der Waals surface area contributed by atoms with Crippen molar-refractivity contribution in [1.82, 2.24) is 0 Å². The molecule has 0 aliphatic rings. The van der Waals surface area contributed by atoms with Crippen molar-refractivity contribution >= 4 is 11.3 Å². The van der Waals surface area contributed by atoms with Gasteiger partial charge in [-0.25, -0.2) is 0 Å². The van der Waals surface area contributed by atoms with Crippen molar-refractivity contribution in [1.29, 1.82) is 0 Å². The first kappa shape index (κ1) is 10.7. The van der Waals surface area contributed by atoms with Gasteiger partial charge in [0.1, 0.15) is 0 Å². The van der Waals surface area contributed by atoms with Crippen LogP contribution in [0.3, 0.4) is 0 Å². The van der Waals surface area contributed by atoms with Crippen LogP contribution in [0.25, 0.3) is 0 Å². The number of hydrogen-bond donors (Lipinski definition) is 2. The molecule has 0 bridgehead atoms. The van der Waals surface area contributed by atoms with E-state index in [1.165, 1.54) is 11.1 Å². The lowest BCUT2D eigenvalue weighted by Crippen LogP contribution is -1.94. The third-order valence-electron chi connectivity index (χ3n) is 2.04. The summed E-state index contributed by atoms with van der Waals surface area (Å²) in [6.45, 7) is 0.518. The minimum Gasteiger partial charge on any atom is -0.396 e. The second-order valence-electron chi connectivity index (χ2n) is 3.08. The molecule has 0 saturated heterocycles. The Hall–Kier alpha value is -0.380. The Bertz CT molecular complexity index is 210. The lowest BCUT2D eigenvalue weighted by molar-refractivity contribution is 0.286. The predicted octanol–water partition coefficient (Wildman–Crippen LogP) is 1.60. The standard InChI is InChI=1S/C10H16O2S/c11-5-1-3-9-7-13-8-10(9)4-2-6-12/h7-8,11-12H,1-6H2. The molecule has 3 heteroatoms. The van der Waals surface area contributed by atoms with Crippen molar-refractivity contribution in [3.8, 4) is 0 Å². The number of aliphatic hydroxyl groups is 2. The maximum atomic E-state index is 8.70. The Labute approximate surface area is 82.8 Å². The molecule has 0 aliphatic carbocycles. The van der Waals surface area contributed by atoms with Gasteiger partial charge in [-0.3, -0.25) is 0 Å². The molecule has 0 radical (unpaired) electrons. The Morgan fingerprint density at radius 2 is 1.38 bits per heavy atom. The molecular formula is C10H16O2S. The molecule has 0 unspecified atom stereocenters. The van der Waals surface area contributed by atoms with E-state index in [2.05, 4.69) is 10.8 Å². The zero-order valence-electron chi connectivity index (χ0n) is 7.70. The molecule has 0 aromatic carbocycles. The first-order valence-corrected chi connectivity index (χ1v) is 5.58. The van der Waals surface area contributed by atoms with Crippen LogP contribution in [0.1, 0.15) is 24.0 Å². The topological polar surface area (TPSA) is 40.5 Å². The minimum absolute atomic E-state index is 0.259. The van der Waals surface area contributed by atoms with Crippen molar-refractivity contribution in [3.05, 3.63) is 21.9 Å². The molecule has 1 heterocycles. The van der Waals surface area contributed by atoms with Crippen LogP contribution in [0.4, 0.5) is 0 Å². The molecule has 0 spiro atoms. The SMILES string of the molecule is OCCCc1cscc1CCCO. The van der Waals surface area contributed by atoms with Gasteiger partial charge in [0.25, 0.3) is 0 Å². The summed E-state index contributed by atoms with van der Waals surface area (Å²) in [6, 6.07) is 0. The van der Waals surface area contributed by atoms with Gasteiger partial charge in [-0.05, 0) is 47.6 Å². The van der Waals surface area contributed by atoms with Crippen molar-refractivity contribution < 1.29 is 10.2 Å². The van der Waals surface area contributed by atoms with Gasteiger partial charge in [0.2, 0.25) is 0 Å². The fraction of sp³-hybridized carbons (Fsp3) is 0.600. The maximum absolute atomic E-state index is 8.70. The van der Waals surface area contributed by atoms with Gasteiger partial charge in [-0.15, -0.1) is 0 Å². The number of hydrogen-bond acceptors (Lipinski definition) is 3. The molecule has 0 amide bonds. The highest BCUT2D eigenvalue weighted by Crippen LogP contribution is 2.18. The van der Waals surface area contributed by atoms with Gasteiger partial charge >= 0.3 is 0 Å². The van der Waals surface area contributed by atoms with Crippen LogP contribution in [-0.4, -0.2) is 23.4 Å². The third-order valence-corrected chi connectivity index (χ3v) is 2.88. The van der Waals surface area contributed by atoms with E-state index in [0.29, 0.717) is 0 Å². The molecule has 0 aliphatic heterocycles. The summed E-state index contributed by atoms with van der Waals surface area (Å²) in [6.07, 6.45) is 3.59. The Kier molecular flexibility index (Phi) is 5.05. The summed E-state index contributed by atoms with van der Waals surface area (Å²) in [4.78, 5) is 0. The first-order chi connectivity index (χ1) is 6.38. The number of rotatable bonds is 6. The summed E-state index contributed by atoms with van der Waals surface area (Å²) in [7, 11) is 0. The fourth-order valence-electron chi connectivity index (χ4n) is 1.33. The molecule has 74 valence electrons. The van der Waals surface area contributed by atoms with Gasteiger partial charge in [0.15, 0.2) is 0 Å². The maximum Gasteiger partial charge on any atom is 0.0434 e. The number of aliphatic hydroxyl groups excluding tert-OH is 2. The highest BCUT2D eigenvalue weighted by molar-refractivity contribution is 7.08. The molecule has 13 heavy (non-hydrogen) atoms. The van der Waals surface area contributed by atoms with Gasteiger partial charge in [-0.1, -0.05) is 0 Å². The second kappa shape index (κ2) is 6.13. The average molecular weight is 200 g/mol. The summed E-state index contributed by atoms with van der Waals surface area (Å²) in [5, 5.41) is 21.7. The Balaban J connectivity index is 2.45. The van der Waals surface area contributed by atoms with Crippen molar-refractivity contribution in [3.63, 3.8) is 0 Å².